The molecule has 0 saturated heterocycles. The number of aromatic carboxylic acids is 1. The number of benzene rings is 2. The lowest BCUT2D eigenvalue weighted by atomic mass is 10.0. The molecule has 0 radical (unpaired) electrons. The summed E-state index contributed by atoms with van der Waals surface area (Å²) in [5.74, 6) is -1.21. The van der Waals surface area contributed by atoms with Gasteiger partial charge < -0.3 is 5.11 Å². The van der Waals surface area contributed by atoms with Crippen LogP contribution in [0.1, 0.15) is 10.4 Å². The second-order valence-electron chi connectivity index (χ2n) is 5.33. The predicted octanol–water partition coefficient (Wildman–Crippen LogP) is 8.03. The zero-order chi connectivity index (χ0) is 19.9. The molecule has 0 atom stereocenters. The highest BCUT2D eigenvalue weighted by atomic mass is 35.5. The van der Waals surface area contributed by atoms with Crippen LogP contribution in [0.3, 0.4) is 0 Å². The highest BCUT2D eigenvalue weighted by Crippen LogP contribution is 2.43. The third-order valence-electron chi connectivity index (χ3n) is 3.71. The van der Waals surface area contributed by atoms with Gasteiger partial charge in [-0.3, -0.25) is 0 Å². The minimum absolute atomic E-state index is 0.0320. The molecule has 1 N–H and O–H groups in total. The van der Waals surface area contributed by atoms with Gasteiger partial charge in [0.15, 0.2) is 0 Å². The van der Waals surface area contributed by atoms with Gasteiger partial charge in [0, 0.05) is 11.1 Å². The van der Waals surface area contributed by atoms with Crippen molar-refractivity contribution >= 4 is 75.6 Å². The maximum Gasteiger partial charge on any atom is 0.337 e. The Morgan fingerprint density at radius 2 is 1.19 bits per heavy atom. The number of carbonyl (C=O) groups is 1. The van der Waals surface area contributed by atoms with E-state index in [2.05, 4.69) is 4.98 Å². The van der Waals surface area contributed by atoms with Crippen LogP contribution in [0.15, 0.2) is 36.4 Å². The van der Waals surface area contributed by atoms with Gasteiger partial charge in [-0.25, -0.2) is 9.78 Å². The molecule has 0 spiro atoms. The minimum atomic E-state index is -1.21. The van der Waals surface area contributed by atoms with Crippen LogP contribution in [0.5, 0.6) is 0 Å². The quantitative estimate of drug-likeness (QED) is 0.385. The number of hydrogen-bond donors (Lipinski definition) is 1. The number of nitrogens with zero attached hydrogens (tertiary/aromatic N) is 1. The van der Waals surface area contributed by atoms with E-state index in [1.54, 1.807) is 12.1 Å². The van der Waals surface area contributed by atoms with Crippen molar-refractivity contribution in [2.75, 3.05) is 0 Å². The molecule has 0 aliphatic carbocycles. The molecule has 2 aromatic carbocycles. The van der Waals surface area contributed by atoms with Crippen LogP contribution in [-0.4, -0.2) is 16.1 Å². The van der Waals surface area contributed by atoms with E-state index in [0.717, 1.165) is 0 Å². The van der Waals surface area contributed by atoms with Crippen LogP contribution in [-0.2, 0) is 0 Å². The Kier molecular flexibility index (Phi) is 6.11. The number of carboxylic acid groups (broad SMARTS) is 1. The summed E-state index contributed by atoms with van der Waals surface area (Å²) in [7, 11) is 0. The van der Waals surface area contributed by atoms with Crippen LogP contribution in [0.4, 0.5) is 0 Å². The lowest BCUT2D eigenvalue weighted by Gasteiger charge is -2.14. The van der Waals surface area contributed by atoms with Crippen molar-refractivity contribution in [1.29, 1.82) is 0 Å². The first-order valence-electron chi connectivity index (χ1n) is 7.24. The number of aromatic nitrogens is 1. The number of carboxylic acids is 1. The van der Waals surface area contributed by atoms with E-state index in [9.17, 15) is 9.90 Å². The van der Waals surface area contributed by atoms with Gasteiger partial charge in [0.05, 0.1) is 47.1 Å². The van der Waals surface area contributed by atoms with Crippen LogP contribution in [0, 0.1) is 0 Å². The van der Waals surface area contributed by atoms with Crippen LogP contribution < -0.4 is 0 Å². The van der Waals surface area contributed by atoms with Crippen LogP contribution in [0.2, 0.25) is 30.1 Å². The minimum Gasteiger partial charge on any atom is -0.478 e. The molecular weight excluding hydrogens is 475 g/mol. The van der Waals surface area contributed by atoms with E-state index < -0.39 is 5.97 Å². The molecule has 3 nitrogen and oxygen atoms in total. The summed E-state index contributed by atoms with van der Waals surface area (Å²) in [4.78, 5) is 16.1. The third-order valence-corrected chi connectivity index (χ3v) is 5.95. The molecule has 1 aromatic heterocycles. The fourth-order valence-corrected chi connectivity index (χ4v) is 3.90. The Morgan fingerprint density at radius 3 is 1.74 bits per heavy atom. The van der Waals surface area contributed by atoms with Gasteiger partial charge in [-0.05, 0) is 36.4 Å². The molecule has 27 heavy (non-hydrogen) atoms. The Bertz CT molecular complexity index is 1080. The molecule has 3 aromatic rings. The second kappa shape index (κ2) is 8.04. The standard InChI is InChI=1S/C18H7Cl6NO2/c19-8-2-4-10(21)15(23)13(8)12-6-1-7(18(26)27)17(25-12)14-9(20)3-5-11(22)16(14)24/h1-6H,(H,26,27). The zero-order valence-electron chi connectivity index (χ0n) is 13.0. The molecule has 0 fully saturated rings. The largest absolute Gasteiger partial charge is 0.478 e. The van der Waals surface area contributed by atoms with Gasteiger partial charge in [-0.15, -0.1) is 0 Å². The molecule has 0 bridgehead atoms. The third kappa shape index (κ3) is 3.86. The van der Waals surface area contributed by atoms with Gasteiger partial charge in [-0.1, -0.05) is 69.6 Å². The number of hydrogen-bond acceptors (Lipinski definition) is 2. The Labute approximate surface area is 184 Å². The van der Waals surface area contributed by atoms with Gasteiger partial charge in [0.25, 0.3) is 0 Å². The van der Waals surface area contributed by atoms with Crippen molar-refractivity contribution in [3.05, 3.63) is 72.1 Å². The fraction of sp³-hybridized carbons (Fsp3) is 0. The average molecular weight is 482 g/mol. The molecular formula is C18H7Cl6NO2. The van der Waals surface area contributed by atoms with Crippen molar-refractivity contribution in [1.82, 2.24) is 4.98 Å². The molecule has 0 saturated carbocycles. The zero-order valence-corrected chi connectivity index (χ0v) is 17.6. The first-order valence-corrected chi connectivity index (χ1v) is 9.51. The summed E-state index contributed by atoms with van der Waals surface area (Å²) in [6, 6.07) is 8.96. The lowest BCUT2D eigenvalue weighted by molar-refractivity contribution is 0.0697. The SMILES string of the molecule is O=C(O)c1ccc(-c2c(Cl)ccc(Cl)c2Cl)nc1-c1c(Cl)ccc(Cl)c1Cl. The fourth-order valence-electron chi connectivity index (χ4n) is 2.47. The molecule has 0 aliphatic heterocycles. The highest BCUT2D eigenvalue weighted by molar-refractivity contribution is 6.47. The lowest BCUT2D eigenvalue weighted by Crippen LogP contribution is -2.04. The van der Waals surface area contributed by atoms with Crippen LogP contribution >= 0.6 is 69.6 Å². The smallest absolute Gasteiger partial charge is 0.337 e. The Morgan fingerprint density at radius 1 is 0.704 bits per heavy atom. The van der Waals surface area contributed by atoms with Crippen molar-refractivity contribution in [2.24, 2.45) is 0 Å². The first kappa shape index (κ1) is 20.5. The maximum absolute atomic E-state index is 11.7. The van der Waals surface area contributed by atoms with Gasteiger partial charge in [-0.2, -0.15) is 0 Å². The molecule has 9 heteroatoms. The van der Waals surface area contributed by atoms with E-state index in [1.165, 1.54) is 24.3 Å². The molecule has 0 aliphatic rings. The van der Waals surface area contributed by atoms with Gasteiger partial charge in [0.1, 0.15) is 0 Å². The Hall–Kier alpha value is -1.20. The van der Waals surface area contributed by atoms with Crippen molar-refractivity contribution < 1.29 is 9.90 Å². The highest BCUT2D eigenvalue weighted by Gasteiger charge is 2.22. The second-order valence-corrected chi connectivity index (χ2v) is 7.72. The van der Waals surface area contributed by atoms with Crippen LogP contribution in [0.25, 0.3) is 22.5 Å². The van der Waals surface area contributed by atoms with E-state index in [1.807, 2.05) is 0 Å². The number of rotatable bonds is 3. The summed E-state index contributed by atoms with van der Waals surface area (Å²) < 4.78 is 0. The van der Waals surface area contributed by atoms with Gasteiger partial charge in [0.2, 0.25) is 0 Å². The summed E-state index contributed by atoms with van der Waals surface area (Å²) in [6.07, 6.45) is 0. The van der Waals surface area contributed by atoms with Crippen molar-refractivity contribution in [3.63, 3.8) is 0 Å². The predicted molar refractivity (Wildman–Crippen MR) is 112 cm³/mol. The summed E-state index contributed by atoms with van der Waals surface area (Å²) >= 11 is 37.2. The molecule has 3 rings (SSSR count). The van der Waals surface area contributed by atoms with Crippen molar-refractivity contribution in [3.8, 4) is 22.5 Å². The van der Waals surface area contributed by atoms with Gasteiger partial charge >= 0.3 is 5.97 Å². The normalized spacial score (nSPS) is 10.9. The Balaban J connectivity index is 2.37. The summed E-state index contributed by atoms with van der Waals surface area (Å²) in [6.45, 7) is 0. The molecule has 138 valence electrons. The van der Waals surface area contributed by atoms with E-state index in [-0.39, 0.29) is 41.9 Å². The number of pyridine rings is 1. The average Bonchev–Trinajstić information content (AvgIpc) is 2.62. The number of halogens is 6. The maximum atomic E-state index is 11.7. The van der Waals surface area contributed by atoms with E-state index >= 15 is 0 Å². The summed E-state index contributed by atoms with van der Waals surface area (Å²) in [5.41, 5.74) is 0.779. The van der Waals surface area contributed by atoms with Crippen molar-refractivity contribution in [2.45, 2.75) is 0 Å². The summed E-state index contributed by atoms with van der Waals surface area (Å²) in [5, 5.41) is 10.8. The first-order chi connectivity index (χ1) is 12.7. The van der Waals surface area contributed by atoms with E-state index in [0.29, 0.717) is 16.3 Å². The monoisotopic (exact) mass is 479 g/mol. The topological polar surface area (TPSA) is 50.2 Å². The van der Waals surface area contributed by atoms with E-state index in [4.69, 9.17) is 69.6 Å². The molecule has 0 unspecified atom stereocenters. The molecule has 1 heterocycles. The molecule has 0 amide bonds.